The van der Waals surface area contributed by atoms with Crippen molar-refractivity contribution in [3.8, 4) is 0 Å². The Morgan fingerprint density at radius 3 is 2.70 bits per heavy atom. The highest BCUT2D eigenvalue weighted by molar-refractivity contribution is 7.99. The van der Waals surface area contributed by atoms with E-state index in [1.165, 1.54) is 11.8 Å². The van der Waals surface area contributed by atoms with Gasteiger partial charge >= 0.3 is 0 Å². The van der Waals surface area contributed by atoms with Crippen LogP contribution in [0, 0.1) is 0 Å². The van der Waals surface area contributed by atoms with Crippen molar-refractivity contribution in [2.75, 3.05) is 42.3 Å². The third-order valence-corrected chi connectivity index (χ3v) is 5.68. The van der Waals surface area contributed by atoms with Gasteiger partial charge in [-0.3, -0.25) is 4.79 Å². The molecule has 3 aromatic rings. The fourth-order valence-corrected chi connectivity index (χ4v) is 4.05. The van der Waals surface area contributed by atoms with Crippen molar-refractivity contribution >= 4 is 40.6 Å². The van der Waals surface area contributed by atoms with Crippen molar-refractivity contribution in [2.24, 2.45) is 0 Å². The first-order valence-corrected chi connectivity index (χ1v) is 11.0. The lowest BCUT2D eigenvalue weighted by molar-refractivity contribution is -0.113. The molecule has 0 atom stereocenters. The third kappa shape index (κ3) is 5.33. The molecule has 1 saturated heterocycles. The number of aromatic nitrogens is 2. The van der Waals surface area contributed by atoms with Gasteiger partial charge in [0.25, 0.3) is 5.22 Å². The van der Waals surface area contributed by atoms with Gasteiger partial charge in [-0.1, -0.05) is 59.8 Å². The molecule has 1 N–H and O–H groups in total. The summed E-state index contributed by atoms with van der Waals surface area (Å²) in [5.74, 6) is 0.510. The molecule has 1 amide bonds. The van der Waals surface area contributed by atoms with Crippen molar-refractivity contribution in [3.63, 3.8) is 0 Å². The second-order valence-electron chi connectivity index (χ2n) is 6.70. The molecular formula is C21H21ClN4O3S. The zero-order valence-electron chi connectivity index (χ0n) is 16.2. The minimum Gasteiger partial charge on any atom is -0.416 e. The molecule has 9 heteroatoms. The van der Waals surface area contributed by atoms with Crippen LogP contribution >= 0.6 is 23.4 Å². The summed E-state index contributed by atoms with van der Waals surface area (Å²) in [4.78, 5) is 14.6. The first-order valence-electron chi connectivity index (χ1n) is 9.59. The Bertz CT molecular complexity index is 993. The van der Waals surface area contributed by atoms with Crippen molar-refractivity contribution in [1.29, 1.82) is 0 Å². The highest BCUT2D eigenvalue weighted by Crippen LogP contribution is 2.34. The maximum atomic E-state index is 12.5. The van der Waals surface area contributed by atoms with Gasteiger partial charge in [0, 0.05) is 13.1 Å². The monoisotopic (exact) mass is 444 g/mol. The summed E-state index contributed by atoms with van der Waals surface area (Å²) >= 11 is 7.62. The predicted octanol–water partition coefficient (Wildman–Crippen LogP) is 3.88. The minimum absolute atomic E-state index is 0.155. The van der Waals surface area contributed by atoms with E-state index < -0.39 is 0 Å². The molecular weight excluding hydrogens is 424 g/mol. The second kappa shape index (κ2) is 9.97. The van der Waals surface area contributed by atoms with E-state index in [0.717, 1.165) is 24.3 Å². The fourth-order valence-electron chi connectivity index (χ4n) is 3.18. The molecule has 0 spiro atoms. The number of carbonyl (C=O) groups excluding carboxylic acids is 1. The molecule has 0 aliphatic carbocycles. The van der Waals surface area contributed by atoms with Crippen LogP contribution in [0.3, 0.4) is 0 Å². The third-order valence-electron chi connectivity index (χ3n) is 4.56. The smallest absolute Gasteiger partial charge is 0.277 e. The average Bonchev–Trinajstić information content (AvgIpc) is 3.21. The number of hydrogen-bond donors (Lipinski definition) is 1. The molecule has 1 aromatic heterocycles. The standard InChI is InChI=1S/C21H21ClN4O3S/c22-16-7-4-8-17(20(16)26-9-11-28-12-10-26)23-18(27)14-30-21-25-24-19(29-21)13-15-5-2-1-3-6-15/h1-8H,9-14H2,(H,23,27). The van der Waals surface area contributed by atoms with Crippen LogP contribution in [0.25, 0.3) is 0 Å². The molecule has 156 valence electrons. The number of rotatable bonds is 7. The molecule has 0 bridgehead atoms. The number of nitrogens with zero attached hydrogens (tertiary/aromatic N) is 3. The Morgan fingerprint density at radius 2 is 1.90 bits per heavy atom. The zero-order chi connectivity index (χ0) is 20.8. The van der Waals surface area contributed by atoms with Gasteiger partial charge in [0.05, 0.1) is 41.8 Å². The van der Waals surface area contributed by atoms with Crippen LogP contribution in [0.2, 0.25) is 5.02 Å². The lowest BCUT2D eigenvalue weighted by Gasteiger charge is -2.31. The molecule has 1 fully saturated rings. The number of ether oxygens (including phenoxy) is 1. The Morgan fingerprint density at radius 1 is 1.10 bits per heavy atom. The largest absolute Gasteiger partial charge is 0.416 e. The van der Waals surface area contributed by atoms with Gasteiger partial charge in [0.1, 0.15) is 0 Å². The number of carbonyl (C=O) groups is 1. The maximum absolute atomic E-state index is 12.5. The van der Waals surface area contributed by atoms with E-state index in [2.05, 4.69) is 20.4 Å². The Kier molecular flexibility index (Phi) is 6.88. The molecule has 0 unspecified atom stereocenters. The highest BCUT2D eigenvalue weighted by Gasteiger charge is 2.19. The Balaban J connectivity index is 1.35. The molecule has 7 nitrogen and oxygen atoms in total. The summed E-state index contributed by atoms with van der Waals surface area (Å²) in [6, 6.07) is 15.4. The van der Waals surface area contributed by atoms with Crippen LogP contribution in [0.5, 0.6) is 0 Å². The summed E-state index contributed by atoms with van der Waals surface area (Å²) in [6.07, 6.45) is 0.562. The van der Waals surface area contributed by atoms with Crippen LogP contribution in [0.1, 0.15) is 11.5 Å². The number of amides is 1. The van der Waals surface area contributed by atoms with Crippen LogP contribution in [0.15, 0.2) is 58.2 Å². The molecule has 2 aromatic carbocycles. The summed E-state index contributed by atoms with van der Waals surface area (Å²) in [7, 11) is 0. The summed E-state index contributed by atoms with van der Waals surface area (Å²) in [6.45, 7) is 2.73. The SMILES string of the molecule is O=C(CSc1nnc(Cc2ccccc2)o1)Nc1cccc(Cl)c1N1CCOCC1. The van der Waals surface area contributed by atoms with Gasteiger partial charge in [-0.05, 0) is 17.7 Å². The van der Waals surface area contributed by atoms with Gasteiger partial charge in [-0.15, -0.1) is 10.2 Å². The summed E-state index contributed by atoms with van der Waals surface area (Å²) in [5, 5.41) is 12.0. The topological polar surface area (TPSA) is 80.5 Å². The van der Waals surface area contributed by atoms with Crippen LogP contribution in [0.4, 0.5) is 11.4 Å². The number of benzene rings is 2. The molecule has 0 saturated carbocycles. The maximum Gasteiger partial charge on any atom is 0.277 e. The van der Waals surface area contributed by atoms with E-state index >= 15 is 0 Å². The number of thioether (sulfide) groups is 1. The number of anilines is 2. The van der Waals surface area contributed by atoms with Gasteiger partial charge in [-0.2, -0.15) is 0 Å². The Labute approximate surface area is 183 Å². The molecule has 4 rings (SSSR count). The molecule has 1 aliphatic heterocycles. The first-order chi connectivity index (χ1) is 14.7. The lowest BCUT2D eigenvalue weighted by atomic mass is 10.2. The van der Waals surface area contributed by atoms with Crippen LogP contribution in [-0.4, -0.2) is 48.2 Å². The van der Waals surface area contributed by atoms with Gasteiger partial charge in [0.2, 0.25) is 11.8 Å². The average molecular weight is 445 g/mol. The minimum atomic E-state index is -0.167. The fraction of sp³-hybridized carbons (Fsp3) is 0.286. The number of para-hydroxylation sites is 1. The van der Waals surface area contributed by atoms with Gasteiger partial charge in [-0.25, -0.2) is 0 Å². The van der Waals surface area contributed by atoms with E-state index in [1.54, 1.807) is 0 Å². The van der Waals surface area contributed by atoms with E-state index in [-0.39, 0.29) is 11.7 Å². The van der Waals surface area contributed by atoms with Crippen molar-refractivity contribution in [1.82, 2.24) is 10.2 Å². The number of halogens is 1. The van der Waals surface area contributed by atoms with Crippen LogP contribution < -0.4 is 10.2 Å². The van der Waals surface area contributed by atoms with E-state index in [9.17, 15) is 4.79 Å². The highest BCUT2D eigenvalue weighted by atomic mass is 35.5. The number of morpholine rings is 1. The van der Waals surface area contributed by atoms with Crippen molar-refractivity contribution in [2.45, 2.75) is 11.6 Å². The predicted molar refractivity (Wildman–Crippen MR) is 117 cm³/mol. The number of nitrogens with one attached hydrogen (secondary N) is 1. The van der Waals surface area contributed by atoms with Crippen molar-refractivity contribution in [3.05, 3.63) is 65.0 Å². The molecule has 1 aliphatic rings. The van der Waals surface area contributed by atoms with E-state index in [1.807, 2.05) is 48.5 Å². The Hall–Kier alpha value is -2.55. The van der Waals surface area contributed by atoms with Gasteiger partial charge in [0.15, 0.2) is 0 Å². The first kappa shape index (κ1) is 20.7. The lowest BCUT2D eigenvalue weighted by Crippen LogP contribution is -2.37. The summed E-state index contributed by atoms with van der Waals surface area (Å²) in [5.41, 5.74) is 2.60. The normalized spacial score (nSPS) is 14.0. The van der Waals surface area contributed by atoms with E-state index in [4.69, 9.17) is 20.8 Å². The zero-order valence-corrected chi connectivity index (χ0v) is 17.8. The molecule has 0 radical (unpaired) electrons. The molecule has 30 heavy (non-hydrogen) atoms. The van der Waals surface area contributed by atoms with Crippen molar-refractivity contribution < 1.29 is 13.9 Å². The van der Waals surface area contributed by atoms with Crippen LogP contribution in [-0.2, 0) is 16.0 Å². The van der Waals surface area contributed by atoms with Gasteiger partial charge < -0.3 is 19.4 Å². The number of hydrogen-bond acceptors (Lipinski definition) is 7. The molecule has 2 heterocycles. The quantitative estimate of drug-likeness (QED) is 0.554. The second-order valence-corrected chi connectivity index (χ2v) is 8.03. The summed E-state index contributed by atoms with van der Waals surface area (Å²) < 4.78 is 11.1. The van der Waals surface area contributed by atoms with E-state index in [0.29, 0.717) is 41.5 Å².